The number of amides is 1. The van der Waals surface area contributed by atoms with Crippen LogP contribution in [0.2, 0.25) is 0 Å². The van der Waals surface area contributed by atoms with Crippen LogP contribution >= 0.6 is 0 Å². The molecule has 0 saturated carbocycles. The molecule has 0 unspecified atom stereocenters. The maximum atomic E-state index is 12.7. The predicted octanol–water partition coefficient (Wildman–Crippen LogP) is 3.27. The van der Waals surface area contributed by atoms with Gasteiger partial charge in [-0.05, 0) is 38.5 Å². The van der Waals surface area contributed by atoms with Crippen LogP contribution in [0.5, 0.6) is 0 Å². The van der Waals surface area contributed by atoms with Crippen molar-refractivity contribution in [1.82, 2.24) is 15.5 Å². The molecule has 0 radical (unpaired) electrons. The van der Waals surface area contributed by atoms with E-state index in [0.29, 0.717) is 12.0 Å². The maximum absolute atomic E-state index is 12.7. The van der Waals surface area contributed by atoms with E-state index in [1.807, 2.05) is 49.4 Å². The second kappa shape index (κ2) is 8.57. The van der Waals surface area contributed by atoms with Crippen molar-refractivity contribution in [3.63, 3.8) is 0 Å². The van der Waals surface area contributed by atoms with E-state index in [-0.39, 0.29) is 11.8 Å². The normalized spacial score (nSPS) is 12.7. The zero-order chi connectivity index (χ0) is 21.0. The van der Waals surface area contributed by atoms with Crippen LogP contribution in [0.15, 0.2) is 64.2 Å². The Kier molecular flexibility index (Phi) is 6.12. The number of sulfone groups is 1. The van der Waals surface area contributed by atoms with E-state index in [2.05, 4.69) is 15.5 Å². The van der Waals surface area contributed by atoms with E-state index in [9.17, 15) is 13.2 Å². The van der Waals surface area contributed by atoms with E-state index in [1.165, 1.54) is 0 Å². The van der Waals surface area contributed by atoms with Gasteiger partial charge in [0.15, 0.2) is 0 Å². The van der Waals surface area contributed by atoms with E-state index < -0.39 is 26.4 Å². The third-order valence-corrected chi connectivity index (χ3v) is 6.38. The van der Waals surface area contributed by atoms with Crippen LogP contribution in [0, 0.1) is 6.92 Å². The second-order valence-corrected chi connectivity index (χ2v) is 9.46. The molecule has 0 aliphatic rings. The van der Waals surface area contributed by atoms with Gasteiger partial charge >= 0.3 is 5.22 Å². The Morgan fingerprint density at radius 3 is 2.31 bits per heavy atom. The summed E-state index contributed by atoms with van der Waals surface area (Å²) in [6.45, 7) is 5.02. The first kappa shape index (κ1) is 20.7. The van der Waals surface area contributed by atoms with Crippen molar-refractivity contribution in [2.45, 2.75) is 43.7 Å². The quantitative estimate of drug-likeness (QED) is 0.638. The van der Waals surface area contributed by atoms with Crippen molar-refractivity contribution in [2.75, 3.05) is 0 Å². The van der Waals surface area contributed by atoms with Gasteiger partial charge in [-0.3, -0.25) is 4.79 Å². The average Bonchev–Trinajstić information content (AvgIpc) is 3.19. The zero-order valence-corrected chi connectivity index (χ0v) is 17.3. The molecule has 0 spiro atoms. The highest BCUT2D eigenvalue weighted by atomic mass is 32.2. The molecule has 29 heavy (non-hydrogen) atoms. The number of rotatable bonds is 7. The van der Waals surface area contributed by atoms with Gasteiger partial charge in [-0.15, -0.1) is 5.10 Å². The molecule has 0 aliphatic carbocycles. The van der Waals surface area contributed by atoms with Gasteiger partial charge in [0.25, 0.3) is 5.91 Å². The number of aryl methyl sites for hydroxylation is 1. The number of hydrogen-bond acceptors (Lipinski definition) is 6. The van der Waals surface area contributed by atoms with Gasteiger partial charge in [0.2, 0.25) is 15.7 Å². The topological polar surface area (TPSA) is 102 Å². The average molecular weight is 413 g/mol. The molecule has 3 aromatic rings. The van der Waals surface area contributed by atoms with Crippen molar-refractivity contribution < 1.29 is 17.6 Å². The molecule has 3 rings (SSSR count). The smallest absolute Gasteiger partial charge is 0.335 e. The van der Waals surface area contributed by atoms with Gasteiger partial charge in [-0.1, -0.05) is 53.1 Å². The highest BCUT2D eigenvalue weighted by Gasteiger charge is 2.29. The summed E-state index contributed by atoms with van der Waals surface area (Å²) in [6.07, 6.45) is 0.377. The van der Waals surface area contributed by atoms with Gasteiger partial charge in [0, 0.05) is 12.0 Å². The van der Waals surface area contributed by atoms with Gasteiger partial charge in [0.1, 0.15) is 6.04 Å². The standard InChI is InChI=1S/C21H23N3O4S/c1-14(2)29(26,27)21-24-23-20(28-21)18(13-16-7-5-4-6-8-16)22-19(25)17-11-9-15(3)10-12-17/h4-12,14,18H,13H2,1-3H3,(H,22,25)/t18-/m0/s1. The highest BCUT2D eigenvalue weighted by molar-refractivity contribution is 7.91. The first-order valence-corrected chi connectivity index (χ1v) is 10.8. The number of nitrogens with one attached hydrogen (secondary N) is 1. The molecule has 1 heterocycles. The molecule has 2 aromatic carbocycles. The molecule has 1 aromatic heterocycles. The van der Waals surface area contributed by atoms with Gasteiger partial charge in [0.05, 0.1) is 5.25 Å². The monoisotopic (exact) mass is 413 g/mol. The lowest BCUT2D eigenvalue weighted by molar-refractivity contribution is 0.0929. The molecule has 1 amide bonds. The molecule has 8 heteroatoms. The van der Waals surface area contributed by atoms with Crippen molar-refractivity contribution >= 4 is 15.7 Å². The predicted molar refractivity (Wildman–Crippen MR) is 108 cm³/mol. The molecule has 1 atom stereocenters. The highest BCUT2D eigenvalue weighted by Crippen LogP contribution is 2.22. The van der Waals surface area contributed by atoms with Crippen LogP contribution in [-0.2, 0) is 16.3 Å². The molecular weight excluding hydrogens is 390 g/mol. The molecule has 0 saturated heterocycles. The Morgan fingerprint density at radius 2 is 1.69 bits per heavy atom. The first-order valence-electron chi connectivity index (χ1n) is 9.26. The number of aromatic nitrogens is 2. The summed E-state index contributed by atoms with van der Waals surface area (Å²) in [6, 6.07) is 16.0. The molecule has 0 bridgehead atoms. The first-order chi connectivity index (χ1) is 13.8. The third-order valence-electron chi connectivity index (χ3n) is 4.49. The second-order valence-electron chi connectivity index (χ2n) is 7.08. The summed E-state index contributed by atoms with van der Waals surface area (Å²) in [7, 11) is -3.70. The fourth-order valence-electron chi connectivity index (χ4n) is 2.67. The van der Waals surface area contributed by atoms with E-state index in [4.69, 9.17) is 4.42 Å². The zero-order valence-electron chi connectivity index (χ0n) is 16.5. The number of nitrogens with zero attached hydrogens (tertiary/aromatic N) is 2. The number of benzene rings is 2. The molecule has 0 fully saturated rings. The minimum Gasteiger partial charge on any atom is -0.410 e. The van der Waals surface area contributed by atoms with Crippen LogP contribution in [0.25, 0.3) is 0 Å². The summed E-state index contributed by atoms with van der Waals surface area (Å²) < 4.78 is 30.1. The summed E-state index contributed by atoms with van der Waals surface area (Å²) in [5.74, 6) is -0.258. The number of carbonyl (C=O) groups is 1. The lowest BCUT2D eigenvalue weighted by Gasteiger charge is -2.15. The minimum absolute atomic E-state index is 0.0496. The van der Waals surface area contributed by atoms with Crippen LogP contribution in [0.1, 0.15) is 47.3 Å². The van der Waals surface area contributed by atoms with Crippen LogP contribution in [-0.4, -0.2) is 29.8 Å². The van der Waals surface area contributed by atoms with Crippen molar-refractivity contribution in [1.29, 1.82) is 0 Å². The van der Waals surface area contributed by atoms with Gasteiger partial charge in [-0.25, -0.2) is 8.42 Å². The van der Waals surface area contributed by atoms with Crippen LogP contribution in [0.4, 0.5) is 0 Å². The number of hydrogen-bond donors (Lipinski definition) is 1. The number of carbonyl (C=O) groups excluding carboxylic acids is 1. The Bertz CT molecular complexity index is 1070. The van der Waals surface area contributed by atoms with Crippen molar-refractivity contribution in [3.8, 4) is 0 Å². The molecule has 0 aliphatic heterocycles. The summed E-state index contributed by atoms with van der Waals surface area (Å²) in [5, 5.41) is 9.37. The van der Waals surface area contributed by atoms with Crippen LogP contribution in [0.3, 0.4) is 0 Å². The minimum atomic E-state index is -3.70. The molecular formula is C21H23N3O4S. The third kappa shape index (κ3) is 4.89. The maximum Gasteiger partial charge on any atom is 0.335 e. The fraction of sp³-hybridized carbons (Fsp3) is 0.286. The van der Waals surface area contributed by atoms with Gasteiger partial charge < -0.3 is 9.73 Å². The summed E-state index contributed by atoms with van der Waals surface area (Å²) in [5.41, 5.74) is 2.47. The lowest BCUT2D eigenvalue weighted by Crippen LogP contribution is -2.30. The summed E-state index contributed by atoms with van der Waals surface area (Å²) >= 11 is 0. The van der Waals surface area contributed by atoms with Gasteiger partial charge in [-0.2, -0.15) is 0 Å². The van der Waals surface area contributed by atoms with Crippen LogP contribution < -0.4 is 5.32 Å². The van der Waals surface area contributed by atoms with Crippen molar-refractivity contribution in [3.05, 3.63) is 77.2 Å². The van der Waals surface area contributed by atoms with Crippen molar-refractivity contribution in [2.24, 2.45) is 0 Å². The van der Waals surface area contributed by atoms with E-state index >= 15 is 0 Å². The lowest BCUT2D eigenvalue weighted by atomic mass is 10.0. The Balaban J connectivity index is 1.90. The largest absolute Gasteiger partial charge is 0.410 e. The summed E-state index contributed by atoms with van der Waals surface area (Å²) in [4.78, 5) is 12.7. The van der Waals surface area contributed by atoms with E-state index in [1.54, 1.807) is 26.0 Å². The fourth-order valence-corrected chi connectivity index (χ4v) is 3.43. The Labute approximate surface area is 170 Å². The Hall–Kier alpha value is -3.00. The molecule has 7 nitrogen and oxygen atoms in total. The Morgan fingerprint density at radius 1 is 1.03 bits per heavy atom. The molecule has 1 N–H and O–H groups in total. The van der Waals surface area contributed by atoms with E-state index in [0.717, 1.165) is 11.1 Å². The molecule has 152 valence electrons. The SMILES string of the molecule is Cc1ccc(C(=O)N[C@@H](Cc2ccccc2)c2nnc(S(=O)(=O)C(C)C)o2)cc1.